The van der Waals surface area contributed by atoms with E-state index >= 15 is 0 Å². The second-order valence-electron chi connectivity index (χ2n) is 16.2. The molecule has 13 rings (SSSR count). The lowest BCUT2D eigenvalue weighted by Gasteiger charge is -2.14. The van der Waals surface area contributed by atoms with Gasteiger partial charge in [-0.2, -0.15) is 0 Å². The van der Waals surface area contributed by atoms with Crippen LogP contribution in [-0.2, 0) is 0 Å². The molecule has 0 aliphatic rings. The molecule has 0 aliphatic heterocycles. The van der Waals surface area contributed by atoms with E-state index < -0.39 is 0 Å². The molecule has 0 aliphatic carbocycles. The normalized spacial score (nSPS) is 11.9. The van der Waals surface area contributed by atoms with Gasteiger partial charge in [-0.25, -0.2) is 4.98 Å². The zero-order valence-electron chi connectivity index (χ0n) is 33.6. The van der Waals surface area contributed by atoms with Crippen LogP contribution in [0.1, 0.15) is 0 Å². The summed E-state index contributed by atoms with van der Waals surface area (Å²) in [6.07, 6.45) is 1.93. The highest BCUT2D eigenvalue weighted by Gasteiger charge is 2.20. The monoisotopic (exact) mass is 788 g/mol. The highest BCUT2D eigenvalue weighted by molar-refractivity contribution is 6.23. The van der Waals surface area contributed by atoms with Gasteiger partial charge in [0.1, 0.15) is 0 Å². The van der Waals surface area contributed by atoms with E-state index in [-0.39, 0.29) is 0 Å². The van der Waals surface area contributed by atoms with Crippen LogP contribution < -0.4 is 0 Å². The van der Waals surface area contributed by atoms with Crippen molar-refractivity contribution in [2.75, 3.05) is 0 Å². The Morgan fingerprint density at radius 1 is 0.274 bits per heavy atom. The average molecular weight is 789 g/mol. The van der Waals surface area contributed by atoms with Crippen molar-refractivity contribution in [3.63, 3.8) is 0 Å². The molecular formula is C58H36N4. The maximum absolute atomic E-state index is 5.35. The molecule has 0 unspecified atom stereocenters. The molecule has 0 fully saturated rings. The third-order valence-corrected chi connectivity index (χ3v) is 12.7. The molecular weight excluding hydrogens is 753 g/mol. The van der Waals surface area contributed by atoms with Crippen LogP contribution in [0.2, 0.25) is 0 Å². The van der Waals surface area contributed by atoms with Crippen molar-refractivity contribution in [3.05, 3.63) is 219 Å². The Balaban J connectivity index is 1.03. The molecule has 0 bridgehead atoms. The van der Waals surface area contributed by atoms with Crippen LogP contribution in [0.25, 0.3) is 121 Å². The summed E-state index contributed by atoms with van der Waals surface area (Å²) >= 11 is 0. The lowest BCUT2D eigenvalue weighted by molar-refractivity contribution is 1.17. The van der Waals surface area contributed by atoms with E-state index in [1.54, 1.807) is 0 Å². The summed E-state index contributed by atoms with van der Waals surface area (Å²) in [5, 5.41) is 9.45. The van der Waals surface area contributed by atoms with Crippen molar-refractivity contribution in [1.82, 2.24) is 19.1 Å². The summed E-state index contributed by atoms with van der Waals surface area (Å²) in [6, 6.07) is 76.6. The van der Waals surface area contributed by atoms with Crippen molar-refractivity contribution in [2.24, 2.45) is 0 Å². The third-order valence-electron chi connectivity index (χ3n) is 12.7. The summed E-state index contributed by atoms with van der Waals surface area (Å²) in [5.74, 6) is 0. The lowest BCUT2D eigenvalue weighted by Crippen LogP contribution is -1.97. The Kier molecular flexibility index (Phi) is 7.57. The van der Waals surface area contributed by atoms with Gasteiger partial charge in [0, 0.05) is 49.3 Å². The number of hydrogen-bond acceptors (Lipinski definition) is 2. The van der Waals surface area contributed by atoms with E-state index in [9.17, 15) is 0 Å². The van der Waals surface area contributed by atoms with Gasteiger partial charge in [-0.15, -0.1) is 0 Å². The van der Waals surface area contributed by atoms with E-state index in [0.717, 1.165) is 55.5 Å². The molecule has 0 saturated heterocycles. The quantitative estimate of drug-likeness (QED) is 0.163. The predicted molar refractivity (Wildman–Crippen MR) is 260 cm³/mol. The van der Waals surface area contributed by atoms with Crippen molar-refractivity contribution in [3.8, 4) is 44.9 Å². The van der Waals surface area contributed by atoms with Crippen LogP contribution in [0.3, 0.4) is 0 Å². The number of hydrogen-bond donors (Lipinski definition) is 0. The molecule has 4 heteroatoms. The van der Waals surface area contributed by atoms with E-state index in [2.05, 4.69) is 221 Å². The van der Waals surface area contributed by atoms with Gasteiger partial charge in [-0.1, -0.05) is 158 Å². The second-order valence-corrected chi connectivity index (χ2v) is 16.2. The van der Waals surface area contributed by atoms with E-state index in [4.69, 9.17) is 9.97 Å². The van der Waals surface area contributed by atoms with Gasteiger partial charge in [0.15, 0.2) is 0 Å². The first-order valence-corrected chi connectivity index (χ1v) is 21.1. The van der Waals surface area contributed by atoms with Crippen molar-refractivity contribution < 1.29 is 0 Å². The number of nitrogens with zero attached hydrogens (tertiary/aromatic N) is 4. The van der Waals surface area contributed by atoms with E-state index in [0.29, 0.717) is 0 Å². The van der Waals surface area contributed by atoms with Crippen LogP contribution in [0, 0.1) is 0 Å². The Morgan fingerprint density at radius 2 is 0.726 bits per heavy atom. The highest BCUT2D eigenvalue weighted by atomic mass is 15.0. The summed E-state index contributed by atoms with van der Waals surface area (Å²) in [4.78, 5) is 10.4. The van der Waals surface area contributed by atoms with Gasteiger partial charge in [0.25, 0.3) is 0 Å². The SMILES string of the molecule is c1ccc(-c2cc(-c3ccccc3)cc(-n3c4ccccc4c4cc5c(cc43)c3ccccc3n5-c3cccc(-c4cnc5c6ccccc6c6ccccc6c5n4)c3)c2)cc1. The van der Waals surface area contributed by atoms with Crippen LogP contribution in [-0.4, -0.2) is 19.1 Å². The molecule has 0 saturated carbocycles. The average Bonchev–Trinajstić information content (AvgIpc) is 3.85. The largest absolute Gasteiger partial charge is 0.309 e. The first-order chi connectivity index (χ1) is 30.7. The molecule has 10 aromatic carbocycles. The molecule has 0 N–H and O–H groups in total. The number of para-hydroxylation sites is 2. The molecule has 4 nitrogen and oxygen atoms in total. The Morgan fingerprint density at radius 3 is 1.31 bits per heavy atom. The number of benzene rings is 10. The predicted octanol–water partition coefficient (Wildman–Crippen LogP) is 15.1. The van der Waals surface area contributed by atoms with Crippen LogP contribution >= 0.6 is 0 Å². The molecule has 288 valence electrons. The molecule has 62 heavy (non-hydrogen) atoms. The minimum absolute atomic E-state index is 0.846. The Labute approximate surface area is 357 Å². The minimum Gasteiger partial charge on any atom is -0.309 e. The van der Waals surface area contributed by atoms with E-state index in [1.165, 1.54) is 65.6 Å². The molecule has 0 spiro atoms. The smallest absolute Gasteiger partial charge is 0.0979 e. The third kappa shape index (κ3) is 5.27. The summed E-state index contributed by atoms with van der Waals surface area (Å²) in [7, 11) is 0. The van der Waals surface area contributed by atoms with Gasteiger partial charge >= 0.3 is 0 Å². The number of fused-ring (bicyclic) bond motifs is 12. The van der Waals surface area contributed by atoms with Gasteiger partial charge in [-0.05, 0) is 87.6 Å². The number of rotatable bonds is 5. The molecule has 3 aromatic heterocycles. The topological polar surface area (TPSA) is 35.6 Å². The first kappa shape index (κ1) is 34.5. The summed E-state index contributed by atoms with van der Waals surface area (Å²) in [5.41, 5.74) is 15.3. The lowest BCUT2D eigenvalue weighted by atomic mass is 9.98. The standard InChI is InChI=1S/C58H36N4/c1-3-16-37(17-4-1)40-30-41(38-18-5-2-6-19-38)33-43(32-40)62-54-29-14-12-25-47(54)51-34-55-50(35-56(51)62)46-24-11-13-28-53(46)61(55)42-21-15-20-39(31-42)52-36-59-57-48-26-9-7-22-44(48)45-23-8-10-27-49(45)58(57)60-52/h1-36H. The van der Waals surface area contributed by atoms with Crippen LogP contribution in [0.15, 0.2) is 219 Å². The zero-order valence-corrected chi connectivity index (χ0v) is 33.6. The molecule has 0 amide bonds. The molecule has 3 heterocycles. The first-order valence-electron chi connectivity index (χ1n) is 21.1. The zero-order chi connectivity index (χ0) is 40.7. The van der Waals surface area contributed by atoms with Gasteiger partial charge in [-0.3, -0.25) is 4.98 Å². The number of aromatic nitrogens is 4. The molecule has 0 atom stereocenters. The van der Waals surface area contributed by atoms with Crippen molar-refractivity contribution in [2.45, 2.75) is 0 Å². The van der Waals surface area contributed by atoms with Crippen LogP contribution in [0.4, 0.5) is 0 Å². The van der Waals surface area contributed by atoms with Crippen molar-refractivity contribution in [1.29, 1.82) is 0 Å². The highest BCUT2D eigenvalue weighted by Crippen LogP contribution is 2.42. The second kappa shape index (κ2) is 13.6. The van der Waals surface area contributed by atoms with Gasteiger partial charge in [0.05, 0.1) is 45.0 Å². The maximum atomic E-state index is 5.35. The summed E-state index contributed by atoms with van der Waals surface area (Å²) in [6.45, 7) is 0. The van der Waals surface area contributed by atoms with Gasteiger partial charge in [0.2, 0.25) is 0 Å². The van der Waals surface area contributed by atoms with E-state index in [1.807, 2.05) is 6.20 Å². The fourth-order valence-electron chi connectivity index (χ4n) is 9.89. The van der Waals surface area contributed by atoms with Crippen LogP contribution in [0.5, 0.6) is 0 Å². The maximum Gasteiger partial charge on any atom is 0.0979 e. The Bertz CT molecular complexity index is 3820. The molecule has 13 aromatic rings. The minimum atomic E-state index is 0.846. The van der Waals surface area contributed by atoms with Crippen molar-refractivity contribution >= 4 is 76.2 Å². The Hall–Kier alpha value is -8.34. The fourth-order valence-corrected chi connectivity index (χ4v) is 9.89. The summed E-state index contributed by atoms with van der Waals surface area (Å²) < 4.78 is 4.88. The van der Waals surface area contributed by atoms with Gasteiger partial charge < -0.3 is 9.13 Å². The molecule has 0 radical (unpaired) electrons. The fraction of sp³-hybridized carbons (Fsp3) is 0.